The Labute approximate surface area is 217 Å². The number of thioether (sulfide) groups is 1. The van der Waals surface area contributed by atoms with E-state index in [1.165, 1.54) is 36.0 Å². The van der Waals surface area contributed by atoms with Crippen LogP contribution in [0.25, 0.3) is 5.69 Å². The zero-order valence-electron chi connectivity index (χ0n) is 20.4. The molecule has 0 aliphatic heterocycles. The van der Waals surface area contributed by atoms with Gasteiger partial charge in [0.15, 0.2) is 17.1 Å². The number of anilines is 1. The summed E-state index contributed by atoms with van der Waals surface area (Å²) < 4.78 is 13.3. The van der Waals surface area contributed by atoms with Crippen LogP contribution < -0.4 is 14.8 Å². The summed E-state index contributed by atoms with van der Waals surface area (Å²) in [7, 11) is 1.59. The summed E-state index contributed by atoms with van der Waals surface area (Å²) in [4.78, 5) is 23.2. The van der Waals surface area contributed by atoms with E-state index in [2.05, 4.69) is 15.5 Å². The van der Waals surface area contributed by atoms with Crippen molar-refractivity contribution in [2.45, 2.75) is 30.4 Å². The highest BCUT2D eigenvalue weighted by Crippen LogP contribution is 2.31. The number of nitro groups is 1. The second-order valence-electron chi connectivity index (χ2n) is 8.00. The minimum Gasteiger partial charge on any atom is -0.497 e. The van der Waals surface area contributed by atoms with Gasteiger partial charge in [-0.25, -0.2) is 0 Å². The molecule has 1 aromatic heterocycles. The van der Waals surface area contributed by atoms with Gasteiger partial charge in [0, 0.05) is 29.6 Å². The van der Waals surface area contributed by atoms with Crippen LogP contribution in [0.3, 0.4) is 0 Å². The van der Waals surface area contributed by atoms with Crippen LogP contribution in [0.4, 0.5) is 11.4 Å². The number of nitrogens with zero attached hydrogens (tertiary/aromatic N) is 4. The fourth-order valence-electron chi connectivity index (χ4n) is 3.49. The SMILES string of the molecule is COc1cccc(OC(C)c2nnc(SC(C)C(=O)Nc3ccc([N+](=O)[O-])cc3)n2-c2ccccc2)c1. The van der Waals surface area contributed by atoms with Crippen molar-refractivity contribution >= 4 is 29.0 Å². The maximum absolute atomic E-state index is 12.9. The molecule has 3 aromatic carbocycles. The minimum atomic E-state index is -0.538. The highest BCUT2D eigenvalue weighted by molar-refractivity contribution is 8.00. The number of non-ortho nitro benzene ring substituents is 1. The molecular weight excluding hydrogens is 494 g/mol. The third-order valence-electron chi connectivity index (χ3n) is 5.39. The van der Waals surface area contributed by atoms with Crippen molar-refractivity contribution in [2.24, 2.45) is 0 Å². The van der Waals surface area contributed by atoms with Gasteiger partial charge in [0.1, 0.15) is 11.5 Å². The predicted molar refractivity (Wildman–Crippen MR) is 140 cm³/mol. The summed E-state index contributed by atoms with van der Waals surface area (Å²) in [6, 6.07) is 22.6. The van der Waals surface area contributed by atoms with Gasteiger partial charge in [-0.05, 0) is 50.2 Å². The highest BCUT2D eigenvalue weighted by atomic mass is 32.2. The van der Waals surface area contributed by atoms with Gasteiger partial charge >= 0.3 is 0 Å². The molecule has 0 bridgehead atoms. The first-order chi connectivity index (χ1) is 17.9. The van der Waals surface area contributed by atoms with Crippen LogP contribution in [-0.4, -0.2) is 38.0 Å². The van der Waals surface area contributed by atoms with Gasteiger partial charge < -0.3 is 14.8 Å². The van der Waals surface area contributed by atoms with Gasteiger partial charge in [0.05, 0.1) is 17.3 Å². The van der Waals surface area contributed by atoms with E-state index in [1.54, 1.807) is 20.1 Å². The number of carbonyl (C=O) groups is 1. The Hall–Kier alpha value is -4.38. The molecule has 2 atom stereocenters. The zero-order chi connectivity index (χ0) is 26.4. The number of benzene rings is 3. The van der Waals surface area contributed by atoms with E-state index in [0.717, 1.165) is 5.69 Å². The number of methoxy groups -OCH3 is 1. The predicted octanol–water partition coefficient (Wildman–Crippen LogP) is 5.44. The standard InChI is InChI=1S/C26H25N5O5S/c1-17(36-23-11-7-10-22(16-23)35-3)24-28-29-26(30(24)20-8-5-4-6-9-20)37-18(2)25(32)27-19-12-14-21(15-13-19)31(33)34/h4-18H,1-3H3,(H,27,32). The zero-order valence-corrected chi connectivity index (χ0v) is 21.2. The third kappa shape index (κ3) is 6.25. The van der Waals surface area contributed by atoms with E-state index in [-0.39, 0.29) is 11.6 Å². The molecular formula is C26H25N5O5S. The van der Waals surface area contributed by atoms with E-state index >= 15 is 0 Å². The van der Waals surface area contributed by atoms with E-state index in [1.807, 2.05) is 60.0 Å². The number of nitro benzene ring substituents is 1. The summed E-state index contributed by atoms with van der Waals surface area (Å²) in [5, 5.41) is 22.4. The number of nitrogens with one attached hydrogen (secondary N) is 1. The molecule has 4 rings (SSSR count). The van der Waals surface area contributed by atoms with Crippen molar-refractivity contribution < 1.29 is 19.2 Å². The number of para-hydroxylation sites is 1. The Morgan fingerprint density at radius 2 is 1.70 bits per heavy atom. The second-order valence-corrected chi connectivity index (χ2v) is 9.31. The highest BCUT2D eigenvalue weighted by Gasteiger charge is 2.24. The van der Waals surface area contributed by atoms with Crippen LogP contribution >= 0.6 is 11.8 Å². The Morgan fingerprint density at radius 3 is 2.38 bits per heavy atom. The molecule has 0 fully saturated rings. The minimum absolute atomic E-state index is 0.0470. The number of ether oxygens (including phenoxy) is 2. The van der Waals surface area contributed by atoms with E-state index in [9.17, 15) is 14.9 Å². The van der Waals surface area contributed by atoms with E-state index in [0.29, 0.717) is 28.2 Å². The number of hydrogen-bond acceptors (Lipinski definition) is 8. The molecule has 0 radical (unpaired) electrons. The Bertz CT molecular complexity index is 1380. The molecule has 11 heteroatoms. The second kappa shape index (κ2) is 11.6. The van der Waals surface area contributed by atoms with Crippen molar-refractivity contribution in [3.8, 4) is 17.2 Å². The average molecular weight is 520 g/mol. The van der Waals surface area contributed by atoms with Crippen molar-refractivity contribution in [1.29, 1.82) is 0 Å². The van der Waals surface area contributed by atoms with Crippen molar-refractivity contribution in [2.75, 3.05) is 12.4 Å². The lowest BCUT2D eigenvalue weighted by Crippen LogP contribution is -2.23. The number of amides is 1. The number of aromatic nitrogens is 3. The van der Waals surface area contributed by atoms with Crippen LogP contribution in [0.5, 0.6) is 11.5 Å². The molecule has 1 N–H and O–H groups in total. The molecule has 1 amide bonds. The fourth-order valence-corrected chi connectivity index (χ4v) is 4.37. The molecule has 37 heavy (non-hydrogen) atoms. The normalized spacial score (nSPS) is 12.4. The van der Waals surface area contributed by atoms with Crippen LogP contribution in [0.1, 0.15) is 25.8 Å². The lowest BCUT2D eigenvalue weighted by atomic mass is 10.3. The Kier molecular flexibility index (Phi) is 8.04. The monoisotopic (exact) mass is 519 g/mol. The number of rotatable bonds is 10. The smallest absolute Gasteiger partial charge is 0.269 e. The van der Waals surface area contributed by atoms with Crippen molar-refractivity contribution in [3.05, 3.63) is 94.8 Å². The quantitative estimate of drug-likeness (QED) is 0.167. The lowest BCUT2D eigenvalue weighted by molar-refractivity contribution is -0.384. The van der Waals surface area contributed by atoms with Crippen molar-refractivity contribution in [3.63, 3.8) is 0 Å². The molecule has 10 nitrogen and oxygen atoms in total. The molecule has 0 saturated carbocycles. The maximum atomic E-state index is 12.9. The Morgan fingerprint density at radius 1 is 1.00 bits per heavy atom. The van der Waals surface area contributed by atoms with Crippen molar-refractivity contribution in [1.82, 2.24) is 14.8 Å². The summed E-state index contributed by atoms with van der Waals surface area (Å²) in [6.45, 7) is 3.63. The summed E-state index contributed by atoms with van der Waals surface area (Å²) in [5.74, 6) is 1.60. The van der Waals surface area contributed by atoms with Gasteiger partial charge in [0.2, 0.25) is 5.91 Å². The summed E-state index contributed by atoms with van der Waals surface area (Å²) in [6.07, 6.45) is -0.460. The molecule has 190 valence electrons. The maximum Gasteiger partial charge on any atom is 0.269 e. The van der Waals surface area contributed by atoms with Gasteiger partial charge in [-0.1, -0.05) is 36.0 Å². The molecule has 0 saturated heterocycles. The van der Waals surface area contributed by atoms with Gasteiger partial charge in [0.25, 0.3) is 5.69 Å². The van der Waals surface area contributed by atoms with E-state index in [4.69, 9.17) is 9.47 Å². The molecule has 1 heterocycles. The van der Waals surface area contributed by atoms with E-state index < -0.39 is 16.3 Å². The summed E-state index contributed by atoms with van der Waals surface area (Å²) in [5.41, 5.74) is 1.25. The topological polar surface area (TPSA) is 121 Å². The van der Waals surface area contributed by atoms with Gasteiger partial charge in [-0.2, -0.15) is 0 Å². The average Bonchev–Trinajstić information content (AvgIpc) is 3.33. The van der Waals surface area contributed by atoms with Gasteiger partial charge in [-0.3, -0.25) is 19.5 Å². The molecule has 0 spiro atoms. The first-order valence-electron chi connectivity index (χ1n) is 11.4. The molecule has 4 aromatic rings. The van der Waals surface area contributed by atoms with Crippen LogP contribution in [0, 0.1) is 10.1 Å². The Balaban J connectivity index is 1.55. The van der Waals surface area contributed by atoms with Crippen LogP contribution in [0.2, 0.25) is 0 Å². The van der Waals surface area contributed by atoms with Crippen LogP contribution in [0.15, 0.2) is 84.0 Å². The fraction of sp³-hybridized carbons (Fsp3) is 0.192. The lowest BCUT2D eigenvalue weighted by Gasteiger charge is -2.18. The number of carbonyl (C=O) groups excluding carboxylic acids is 1. The third-order valence-corrected chi connectivity index (χ3v) is 6.43. The molecule has 0 aliphatic rings. The summed E-state index contributed by atoms with van der Waals surface area (Å²) >= 11 is 1.24. The number of hydrogen-bond donors (Lipinski definition) is 1. The molecule has 2 unspecified atom stereocenters. The first kappa shape index (κ1) is 25.7. The molecule has 0 aliphatic carbocycles. The van der Waals surface area contributed by atoms with Crippen LogP contribution in [-0.2, 0) is 4.79 Å². The largest absolute Gasteiger partial charge is 0.497 e. The first-order valence-corrected chi connectivity index (χ1v) is 12.3. The van der Waals surface area contributed by atoms with Gasteiger partial charge in [-0.15, -0.1) is 10.2 Å².